The summed E-state index contributed by atoms with van der Waals surface area (Å²) in [5.74, 6) is 0.433. The lowest BCUT2D eigenvalue weighted by molar-refractivity contribution is -0.117. The Morgan fingerprint density at radius 2 is 1.62 bits per heavy atom. The van der Waals surface area contributed by atoms with Crippen LogP contribution in [0.2, 0.25) is 0 Å². The van der Waals surface area contributed by atoms with Crippen molar-refractivity contribution in [2.45, 2.75) is 25.7 Å². The molecule has 0 bridgehead atoms. The van der Waals surface area contributed by atoms with Crippen molar-refractivity contribution in [3.63, 3.8) is 0 Å². The van der Waals surface area contributed by atoms with E-state index in [2.05, 4.69) is 10.6 Å². The first-order valence-electron chi connectivity index (χ1n) is 12.0. The van der Waals surface area contributed by atoms with Crippen LogP contribution in [0, 0.1) is 5.82 Å². The molecule has 2 amide bonds. The van der Waals surface area contributed by atoms with E-state index in [0.717, 1.165) is 6.42 Å². The predicted octanol–water partition coefficient (Wildman–Crippen LogP) is 5.40. The standard InChI is InChI=1S/C29H31FN2O5/c1-36-25-15-20(16-26(19-25)37-2)17-27(21-10-12-22(30)13-11-21)29(35)31-14-5-3-4-9-28(34)32-23-7-6-8-24(33)18-23/h6-8,10-13,15-19,33H,3-5,9,14H2,1-2H3,(H,31,35)(H,32,34)/b27-17+. The van der Waals surface area contributed by atoms with E-state index in [1.807, 2.05) is 0 Å². The Bertz CT molecular complexity index is 1220. The number of phenols is 1. The highest BCUT2D eigenvalue weighted by Crippen LogP contribution is 2.26. The average molecular weight is 507 g/mol. The molecule has 3 aromatic carbocycles. The maximum Gasteiger partial charge on any atom is 0.251 e. The van der Waals surface area contributed by atoms with Gasteiger partial charge in [0.2, 0.25) is 5.91 Å². The number of halogens is 1. The van der Waals surface area contributed by atoms with E-state index >= 15 is 0 Å². The average Bonchev–Trinajstić information content (AvgIpc) is 2.89. The Labute approximate surface area is 215 Å². The van der Waals surface area contributed by atoms with Gasteiger partial charge in [-0.1, -0.05) is 24.6 Å². The highest BCUT2D eigenvalue weighted by molar-refractivity contribution is 6.24. The molecule has 0 saturated carbocycles. The van der Waals surface area contributed by atoms with Crippen LogP contribution in [0.4, 0.5) is 10.1 Å². The van der Waals surface area contributed by atoms with Gasteiger partial charge in [-0.2, -0.15) is 0 Å². The van der Waals surface area contributed by atoms with Crippen LogP contribution in [0.15, 0.2) is 66.7 Å². The molecule has 0 atom stereocenters. The topological polar surface area (TPSA) is 96.9 Å². The number of aromatic hydroxyl groups is 1. The summed E-state index contributed by atoms with van der Waals surface area (Å²) in [5.41, 5.74) is 2.19. The molecule has 37 heavy (non-hydrogen) atoms. The van der Waals surface area contributed by atoms with Crippen LogP contribution >= 0.6 is 0 Å². The second-order valence-corrected chi connectivity index (χ2v) is 8.38. The first-order valence-corrected chi connectivity index (χ1v) is 12.0. The zero-order chi connectivity index (χ0) is 26.6. The third-order valence-corrected chi connectivity index (χ3v) is 5.58. The Hall–Kier alpha value is -4.33. The molecule has 3 aromatic rings. The summed E-state index contributed by atoms with van der Waals surface area (Å²) in [6, 6.07) is 17.4. The number of nitrogens with one attached hydrogen (secondary N) is 2. The second-order valence-electron chi connectivity index (χ2n) is 8.38. The van der Waals surface area contributed by atoms with Gasteiger partial charge in [0.1, 0.15) is 23.1 Å². The summed E-state index contributed by atoms with van der Waals surface area (Å²) >= 11 is 0. The molecular formula is C29H31FN2O5. The Kier molecular flexibility index (Phi) is 10.1. The lowest BCUT2D eigenvalue weighted by Crippen LogP contribution is -2.25. The third-order valence-electron chi connectivity index (χ3n) is 5.58. The van der Waals surface area contributed by atoms with E-state index in [1.165, 1.54) is 24.3 Å². The number of rotatable bonds is 12. The Morgan fingerprint density at radius 1 is 0.919 bits per heavy atom. The lowest BCUT2D eigenvalue weighted by atomic mass is 10.0. The van der Waals surface area contributed by atoms with Crippen LogP contribution in [0.25, 0.3) is 11.6 Å². The summed E-state index contributed by atoms with van der Waals surface area (Å²) in [6.07, 6.45) is 4.14. The van der Waals surface area contributed by atoms with Crippen molar-refractivity contribution in [3.05, 3.63) is 83.7 Å². The molecule has 3 rings (SSSR count). The molecule has 0 aliphatic rings. The molecule has 7 nitrogen and oxygen atoms in total. The number of carbonyl (C=O) groups excluding carboxylic acids is 2. The molecule has 0 aliphatic carbocycles. The molecule has 0 saturated heterocycles. The Morgan fingerprint density at radius 3 is 2.27 bits per heavy atom. The van der Waals surface area contributed by atoms with Gasteiger partial charge >= 0.3 is 0 Å². The minimum Gasteiger partial charge on any atom is -0.508 e. The number of unbranched alkanes of at least 4 members (excludes halogenated alkanes) is 2. The lowest BCUT2D eigenvalue weighted by Gasteiger charge is -2.11. The number of hydrogen-bond donors (Lipinski definition) is 3. The van der Waals surface area contributed by atoms with Crippen molar-refractivity contribution in [2.75, 3.05) is 26.1 Å². The molecule has 3 N–H and O–H groups in total. The fourth-order valence-corrected chi connectivity index (χ4v) is 3.68. The molecule has 0 heterocycles. The van der Waals surface area contributed by atoms with Gasteiger partial charge in [-0.25, -0.2) is 4.39 Å². The number of methoxy groups -OCH3 is 2. The second kappa shape index (κ2) is 13.7. The first kappa shape index (κ1) is 27.3. The van der Waals surface area contributed by atoms with Crippen molar-refractivity contribution in [2.24, 2.45) is 0 Å². The molecule has 0 spiro atoms. The summed E-state index contributed by atoms with van der Waals surface area (Å²) in [5, 5.41) is 15.1. The first-order chi connectivity index (χ1) is 17.9. The zero-order valence-electron chi connectivity index (χ0n) is 20.9. The number of carbonyl (C=O) groups is 2. The van der Waals surface area contributed by atoms with E-state index < -0.39 is 0 Å². The number of benzene rings is 3. The fraction of sp³-hybridized carbons (Fsp3) is 0.241. The van der Waals surface area contributed by atoms with Crippen molar-refractivity contribution in [1.29, 1.82) is 0 Å². The van der Waals surface area contributed by atoms with Crippen LogP contribution in [0.1, 0.15) is 36.8 Å². The van der Waals surface area contributed by atoms with Crippen molar-refractivity contribution in [3.8, 4) is 17.2 Å². The zero-order valence-corrected chi connectivity index (χ0v) is 20.9. The molecular weight excluding hydrogens is 475 g/mol. The third kappa shape index (κ3) is 8.68. The van der Waals surface area contributed by atoms with Gasteiger partial charge in [0, 0.05) is 36.4 Å². The smallest absolute Gasteiger partial charge is 0.251 e. The summed E-state index contributed by atoms with van der Waals surface area (Å²) < 4.78 is 24.1. The number of phenolic OH excluding ortho intramolecular Hbond substituents is 1. The molecule has 0 aliphatic heterocycles. The molecule has 0 aromatic heterocycles. The van der Waals surface area contributed by atoms with Gasteiger partial charge in [0.15, 0.2) is 0 Å². The summed E-state index contributed by atoms with van der Waals surface area (Å²) in [7, 11) is 3.10. The van der Waals surface area contributed by atoms with Crippen LogP contribution in [-0.2, 0) is 9.59 Å². The number of ether oxygens (including phenoxy) is 2. The van der Waals surface area contributed by atoms with Gasteiger partial charge in [-0.05, 0) is 66.4 Å². The number of amides is 2. The monoisotopic (exact) mass is 506 g/mol. The van der Waals surface area contributed by atoms with Gasteiger partial charge in [0.05, 0.1) is 14.2 Å². The van der Waals surface area contributed by atoms with E-state index in [0.29, 0.717) is 59.7 Å². The quantitative estimate of drug-likeness (QED) is 0.174. The summed E-state index contributed by atoms with van der Waals surface area (Å²) in [6.45, 7) is 0.424. The van der Waals surface area contributed by atoms with E-state index in [4.69, 9.17) is 9.47 Å². The highest BCUT2D eigenvalue weighted by Gasteiger charge is 2.13. The van der Waals surface area contributed by atoms with Gasteiger partial charge in [-0.3, -0.25) is 9.59 Å². The van der Waals surface area contributed by atoms with Gasteiger partial charge < -0.3 is 25.2 Å². The fourth-order valence-electron chi connectivity index (χ4n) is 3.68. The number of anilines is 1. The van der Waals surface area contributed by atoms with Gasteiger partial charge in [-0.15, -0.1) is 0 Å². The Balaban J connectivity index is 1.57. The van der Waals surface area contributed by atoms with E-state index in [1.54, 1.807) is 62.8 Å². The molecule has 194 valence electrons. The van der Waals surface area contributed by atoms with E-state index in [9.17, 15) is 19.1 Å². The van der Waals surface area contributed by atoms with Crippen LogP contribution in [-0.4, -0.2) is 37.7 Å². The molecule has 0 fully saturated rings. The number of hydrogen-bond acceptors (Lipinski definition) is 5. The van der Waals surface area contributed by atoms with Crippen molar-refractivity contribution < 1.29 is 28.6 Å². The highest BCUT2D eigenvalue weighted by atomic mass is 19.1. The van der Waals surface area contributed by atoms with E-state index in [-0.39, 0.29) is 23.4 Å². The maximum atomic E-state index is 13.5. The largest absolute Gasteiger partial charge is 0.508 e. The van der Waals surface area contributed by atoms with Crippen LogP contribution < -0.4 is 20.1 Å². The maximum absolute atomic E-state index is 13.5. The molecule has 0 unspecified atom stereocenters. The summed E-state index contributed by atoms with van der Waals surface area (Å²) in [4.78, 5) is 25.2. The predicted molar refractivity (Wildman–Crippen MR) is 142 cm³/mol. The molecule has 8 heteroatoms. The molecule has 0 radical (unpaired) electrons. The van der Waals surface area contributed by atoms with Gasteiger partial charge in [0.25, 0.3) is 5.91 Å². The normalized spacial score (nSPS) is 11.1. The minimum atomic E-state index is -0.389. The van der Waals surface area contributed by atoms with Crippen molar-refractivity contribution >= 4 is 29.2 Å². The SMILES string of the molecule is COc1cc(/C=C(/C(=O)NCCCCCC(=O)Nc2cccc(O)c2)c2ccc(F)cc2)cc(OC)c1. The van der Waals surface area contributed by atoms with Crippen LogP contribution in [0.5, 0.6) is 17.2 Å². The van der Waals surface area contributed by atoms with Crippen LogP contribution in [0.3, 0.4) is 0 Å². The minimum absolute atomic E-state index is 0.0909. The van der Waals surface area contributed by atoms with Crippen molar-refractivity contribution in [1.82, 2.24) is 5.32 Å².